The monoisotopic (exact) mass is 433 g/mol. The molecule has 0 N–H and O–H groups in total. The number of carbonyl (C=O) groups excluding carboxylic acids is 1. The first-order valence-corrected chi connectivity index (χ1v) is 10.8. The number of fused-ring (bicyclic) bond motifs is 1. The minimum atomic E-state index is -0.0281. The molecule has 31 heavy (non-hydrogen) atoms. The highest BCUT2D eigenvalue weighted by Gasteiger charge is 2.17. The second-order valence-corrected chi connectivity index (χ2v) is 8.25. The van der Waals surface area contributed by atoms with Crippen molar-refractivity contribution in [1.29, 1.82) is 0 Å². The maximum Gasteiger partial charge on any atom is 0.255 e. The Kier molecular flexibility index (Phi) is 6.23. The number of carbonyl (C=O) groups is 1. The number of aryl methyl sites for hydroxylation is 1. The fraction of sp³-hybridized carbons (Fsp3) is 0.208. The predicted octanol–water partition coefficient (Wildman–Crippen LogP) is 5.10. The van der Waals surface area contributed by atoms with Gasteiger partial charge in [0.25, 0.3) is 5.91 Å². The van der Waals surface area contributed by atoms with Gasteiger partial charge in [0.2, 0.25) is 5.89 Å². The van der Waals surface area contributed by atoms with Gasteiger partial charge >= 0.3 is 0 Å². The Labute approximate surface area is 185 Å². The lowest BCUT2D eigenvalue weighted by molar-refractivity contribution is 0.0781. The Morgan fingerprint density at radius 1 is 1.10 bits per heavy atom. The van der Waals surface area contributed by atoms with E-state index in [0.29, 0.717) is 29.6 Å². The molecule has 0 unspecified atom stereocenters. The van der Waals surface area contributed by atoms with Crippen molar-refractivity contribution in [1.82, 2.24) is 15.0 Å². The van der Waals surface area contributed by atoms with Crippen molar-refractivity contribution in [2.75, 3.05) is 14.2 Å². The molecule has 1 heterocycles. The molecular weight excluding hydrogens is 410 g/mol. The molecule has 0 aliphatic carbocycles. The van der Waals surface area contributed by atoms with E-state index >= 15 is 0 Å². The van der Waals surface area contributed by atoms with Crippen LogP contribution >= 0.6 is 11.8 Å². The van der Waals surface area contributed by atoms with E-state index in [4.69, 9.17) is 9.26 Å². The van der Waals surface area contributed by atoms with Gasteiger partial charge in [0.15, 0.2) is 5.82 Å². The van der Waals surface area contributed by atoms with Crippen LogP contribution in [0, 0.1) is 6.92 Å². The van der Waals surface area contributed by atoms with Gasteiger partial charge < -0.3 is 14.2 Å². The van der Waals surface area contributed by atoms with E-state index in [0.717, 1.165) is 27.0 Å². The Morgan fingerprint density at radius 3 is 2.65 bits per heavy atom. The van der Waals surface area contributed by atoms with E-state index in [1.807, 2.05) is 55.6 Å². The van der Waals surface area contributed by atoms with Crippen LogP contribution in [0.3, 0.4) is 0 Å². The molecule has 1 amide bonds. The van der Waals surface area contributed by atoms with Gasteiger partial charge in [-0.1, -0.05) is 35.5 Å². The van der Waals surface area contributed by atoms with Crippen LogP contribution in [0.4, 0.5) is 0 Å². The summed E-state index contributed by atoms with van der Waals surface area (Å²) in [6.07, 6.45) is 0. The summed E-state index contributed by atoms with van der Waals surface area (Å²) in [6, 6.07) is 19.8. The third kappa shape index (κ3) is 4.88. The first-order valence-electron chi connectivity index (χ1n) is 9.86. The van der Waals surface area contributed by atoms with E-state index in [1.165, 1.54) is 11.8 Å². The molecule has 0 spiro atoms. The number of nitrogens with zero attached hydrogens (tertiary/aromatic N) is 3. The molecule has 4 aromatic rings. The number of hydrogen-bond donors (Lipinski definition) is 0. The zero-order valence-electron chi connectivity index (χ0n) is 17.7. The standard InChI is InChI=1S/C24H23N3O3S/c1-16-25-23(30-26-16)15-31-22-7-5-4-6-21(22)24(28)27(2)14-17-8-9-19-13-20(29-3)11-10-18(19)12-17/h4-13H,14-15H2,1-3H3. The third-order valence-electron chi connectivity index (χ3n) is 4.92. The van der Waals surface area contributed by atoms with Gasteiger partial charge in [-0.05, 0) is 53.6 Å². The normalized spacial score (nSPS) is 10.9. The third-order valence-corrected chi connectivity index (χ3v) is 5.97. The molecule has 1 aromatic heterocycles. The second kappa shape index (κ2) is 9.22. The van der Waals surface area contributed by atoms with E-state index in [-0.39, 0.29) is 5.91 Å². The molecule has 0 radical (unpaired) electrons. The summed E-state index contributed by atoms with van der Waals surface area (Å²) in [4.78, 5) is 20.0. The fourth-order valence-electron chi connectivity index (χ4n) is 3.36. The second-order valence-electron chi connectivity index (χ2n) is 7.23. The molecule has 0 aliphatic heterocycles. The summed E-state index contributed by atoms with van der Waals surface area (Å²) in [5.41, 5.74) is 1.73. The molecule has 0 bridgehead atoms. The van der Waals surface area contributed by atoms with Crippen molar-refractivity contribution in [3.05, 3.63) is 83.5 Å². The first kappa shape index (κ1) is 20.9. The lowest BCUT2D eigenvalue weighted by atomic mass is 10.1. The van der Waals surface area contributed by atoms with Crippen LogP contribution in [0.5, 0.6) is 5.75 Å². The van der Waals surface area contributed by atoms with Gasteiger partial charge in [-0.2, -0.15) is 4.98 Å². The molecule has 3 aromatic carbocycles. The largest absolute Gasteiger partial charge is 0.497 e. The van der Waals surface area contributed by atoms with Gasteiger partial charge in [0.1, 0.15) is 5.75 Å². The summed E-state index contributed by atoms with van der Waals surface area (Å²) in [5, 5.41) is 6.03. The minimum absolute atomic E-state index is 0.0281. The molecular formula is C24H23N3O3S. The molecule has 158 valence electrons. The average molecular weight is 434 g/mol. The van der Waals surface area contributed by atoms with Gasteiger partial charge in [0.05, 0.1) is 18.4 Å². The number of thioether (sulfide) groups is 1. The maximum absolute atomic E-state index is 13.2. The summed E-state index contributed by atoms with van der Waals surface area (Å²) in [6.45, 7) is 2.30. The SMILES string of the molecule is COc1ccc2cc(CN(C)C(=O)c3ccccc3SCc3nc(C)no3)ccc2c1. The van der Waals surface area contributed by atoms with Crippen molar-refractivity contribution in [3.8, 4) is 5.75 Å². The molecule has 6 nitrogen and oxygen atoms in total. The highest BCUT2D eigenvalue weighted by atomic mass is 32.2. The Hall–Kier alpha value is -3.32. The lowest BCUT2D eigenvalue weighted by Crippen LogP contribution is -2.26. The summed E-state index contributed by atoms with van der Waals surface area (Å²) >= 11 is 1.52. The van der Waals surface area contributed by atoms with Crippen molar-refractivity contribution >= 4 is 28.4 Å². The number of benzene rings is 3. The quantitative estimate of drug-likeness (QED) is 0.378. The topological polar surface area (TPSA) is 68.5 Å². The number of ether oxygens (including phenoxy) is 1. The smallest absolute Gasteiger partial charge is 0.255 e. The van der Waals surface area contributed by atoms with E-state index in [2.05, 4.69) is 22.3 Å². The maximum atomic E-state index is 13.2. The molecule has 0 saturated carbocycles. The van der Waals surface area contributed by atoms with Crippen LogP contribution in [-0.2, 0) is 12.3 Å². The molecule has 0 atom stereocenters. The van der Waals surface area contributed by atoms with Crippen LogP contribution < -0.4 is 4.74 Å². The van der Waals surface area contributed by atoms with Crippen molar-refractivity contribution in [2.24, 2.45) is 0 Å². The minimum Gasteiger partial charge on any atom is -0.497 e. The predicted molar refractivity (Wildman–Crippen MR) is 121 cm³/mol. The number of rotatable bonds is 7. The lowest BCUT2D eigenvalue weighted by Gasteiger charge is -2.19. The van der Waals surface area contributed by atoms with Crippen LogP contribution in [0.25, 0.3) is 10.8 Å². The molecule has 0 fully saturated rings. The van der Waals surface area contributed by atoms with Crippen molar-refractivity contribution < 1.29 is 14.1 Å². The van der Waals surface area contributed by atoms with Crippen LogP contribution in [0.15, 0.2) is 70.1 Å². The Bertz CT molecular complexity index is 1220. The number of amides is 1. The molecule has 0 saturated heterocycles. The molecule has 0 aliphatic rings. The summed E-state index contributed by atoms with van der Waals surface area (Å²) in [7, 11) is 3.48. The number of methoxy groups -OCH3 is 1. The highest BCUT2D eigenvalue weighted by molar-refractivity contribution is 7.98. The van der Waals surface area contributed by atoms with Gasteiger partial charge in [-0.15, -0.1) is 11.8 Å². The van der Waals surface area contributed by atoms with E-state index in [9.17, 15) is 4.79 Å². The van der Waals surface area contributed by atoms with E-state index in [1.54, 1.807) is 18.9 Å². The Morgan fingerprint density at radius 2 is 1.87 bits per heavy atom. The summed E-state index contributed by atoms with van der Waals surface area (Å²) in [5.74, 6) is 2.47. The van der Waals surface area contributed by atoms with Crippen LogP contribution in [0.2, 0.25) is 0 Å². The zero-order valence-corrected chi connectivity index (χ0v) is 18.5. The zero-order chi connectivity index (χ0) is 21.8. The highest BCUT2D eigenvalue weighted by Crippen LogP contribution is 2.27. The average Bonchev–Trinajstić information content (AvgIpc) is 3.22. The number of aromatic nitrogens is 2. The molecule has 4 rings (SSSR count). The van der Waals surface area contributed by atoms with Crippen molar-refractivity contribution in [2.45, 2.75) is 24.1 Å². The Balaban J connectivity index is 1.48. The fourth-order valence-corrected chi connectivity index (χ4v) is 4.24. The molecule has 7 heteroatoms. The summed E-state index contributed by atoms with van der Waals surface area (Å²) < 4.78 is 10.5. The van der Waals surface area contributed by atoms with Crippen LogP contribution in [0.1, 0.15) is 27.6 Å². The van der Waals surface area contributed by atoms with E-state index < -0.39 is 0 Å². The van der Waals surface area contributed by atoms with Gasteiger partial charge in [-0.3, -0.25) is 4.79 Å². The number of hydrogen-bond acceptors (Lipinski definition) is 6. The van der Waals surface area contributed by atoms with Gasteiger partial charge in [-0.25, -0.2) is 0 Å². The van der Waals surface area contributed by atoms with Crippen molar-refractivity contribution in [3.63, 3.8) is 0 Å². The van der Waals surface area contributed by atoms with Gasteiger partial charge in [0, 0.05) is 18.5 Å². The first-order chi connectivity index (χ1) is 15.0. The van der Waals surface area contributed by atoms with Crippen LogP contribution in [-0.4, -0.2) is 35.1 Å².